The van der Waals surface area contributed by atoms with E-state index in [9.17, 15) is 18.0 Å². The van der Waals surface area contributed by atoms with Crippen LogP contribution in [0.1, 0.15) is 152 Å². The average molecular weight is 889 g/mol. The zero-order valence-corrected chi connectivity index (χ0v) is 41.7. The number of sulfone groups is 1. The average Bonchev–Trinajstić information content (AvgIpc) is 3.85. The Labute approximate surface area is 381 Å². The molecule has 1 aliphatic heterocycles. The Kier molecular flexibility index (Phi) is 11.8. The third-order valence-electron chi connectivity index (χ3n) is 21.7. The molecule has 1 unspecified atom stereocenters. The first kappa shape index (κ1) is 46.2. The Bertz CT molecular complexity index is 1980. The van der Waals surface area contributed by atoms with Gasteiger partial charge >= 0.3 is 11.9 Å². The summed E-state index contributed by atoms with van der Waals surface area (Å²) in [5.41, 5.74) is 1.55. The first-order valence-corrected chi connectivity index (χ1v) is 27.5. The van der Waals surface area contributed by atoms with Crippen LogP contribution >= 0.6 is 0 Å². The molecule has 7 aliphatic carbocycles. The molecule has 9 rings (SSSR count). The summed E-state index contributed by atoms with van der Waals surface area (Å²) in [7, 11) is -2.92. The molecule has 1 aromatic rings. The van der Waals surface area contributed by atoms with E-state index in [0.29, 0.717) is 83.9 Å². The Morgan fingerprint density at radius 3 is 2.03 bits per heavy atom. The molecule has 0 spiro atoms. The van der Waals surface area contributed by atoms with E-state index < -0.39 is 15.3 Å². The standard InChI is InChI=1S/C54H84N2O6S/c1-34(2)43(56-26-28-63(59,60)29-27-56)32-55-54-21-19-39(51(8)22-23-51)46(54)40-17-16-38-45-35(3)30-44(50(6,7)37(45)18-20-52(38,9)53(40,10)24-25-54)62-48(58)42-31-41(49(42,4)5)47(57)61-33-36-14-12-11-13-15-36/h11-15,34-35,37-46,55H,16-33H2,1-10H3/t35?,37-,38-,39-,40-,41+,42-,43-,44+,45+,46-,52-,53-,54+/m1/s1. The summed E-state index contributed by atoms with van der Waals surface area (Å²) in [6.45, 7) is 26.7. The number of carbonyl (C=O) groups excluding carboxylic acids is 2. The molecule has 0 amide bonds. The Morgan fingerprint density at radius 1 is 0.746 bits per heavy atom. The summed E-state index contributed by atoms with van der Waals surface area (Å²) in [5, 5.41) is 4.43. The minimum Gasteiger partial charge on any atom is -0.462 e. The summed E-state index contributed by atoms with van der Waals surface area (Å²) in [5.74, 6) is 4.59. The maximum Gasteiger partial charge on any atom is 0.309 e. The van der Waals surface area contributed by atoms with Crippen molar-refractivity contribution in [1.29, 1.82) is 0 Å². The minimum atomic E-state index is -2.92. The molecule has 8 fully saturated rings. The fraction of sp³-hybridized carbons (Fsp3) is 0.852. The third kappa shape index (κ3) is 7.61. The lowest BCUT2D eigenvalue weighted by atomic mass is 9.34. The van der Waals surface area contributed by atoms with E-state index in [4.69, 9.17) is 9.47 Å². The van der Waals surface area contributed by atoms with Crippen LogP contribution in [0.25, 0.3) is 0 Å². The van der Waals surface area contributed by atoms with Crippen LogP contribution in [0, 0.1) is 86.3 Å². The topological polar surface area (TPSA) is 102 Å². The van der Waals surface area contributed by atoms with Gasteiger partial charge in [0.1, 0.15) is 12.7 Å². The second-order valence-corrected chi connectivity index (χ2v) is 27.7. The second kappa shape index (κ2) is 16.1. The Hall–Kier alpha value is -1.97. The van der Waals surface area contributed by atoms with Crippen molar-refractivity contribution in [1.82, 2.24) is 10.2 Å². The predicted molar refractivity (Wildman–Crippen MR) is 250 cm³/mol. The normalized spacial score (nSPS) is 43.5. The van der Waals surface area contributed by atoms with E-state index in [-0.39, 0.29) is 58.3 Å². The number of rotatable bonds is 11. The molecule has 1 aromatic carbocycles. The van der Waals surface area contributed by atoms with Crippen LogP contribution in [-0.4, -0.2) is 74.1 Å². The number of ether oxygens (including phenoxy) is 2. The van der Waals surface area contributed by atoms with Gasteiger partial charge in [0.25, 0.3) is 0 Å². The Balaban J connectivity index is 0.891. The highest BCUT2D eigenvalue weighted by molar-refractivity contribution is 7.91. The van der Waals surface area contributed by atoms with Crippen LogP contribution in [0.5, 0.6) is 0 Å². The van der Waals surface area contributed by atoms with Crippen LogP contribution in [0.4, 0.5) is 0 Å². The van der Waals surface area contributed by atoms with Crippen LogP contribution < -0.4 is 5.32 Å². The van der Waals surface area contributed by atoms with Crippen LogP contribution in [0.2, 0.25) is 0 Å². The first-order chi connectivity index (χ1) is 29.6. The van der Waals surface area contributed by atoms with Gasteiger partial charge in [-0.2, -0.15) is 0 Å². The van der Waals surface area contributed by atoms with Gasteiger partial charge in [0.05, 0.1) is 23.3 Å². The van der Waals surface area contributed by atoms with Gasteiger partial charge < -0.3 is 14.8 Å². The van der Waals surface area contributed by atoms with Crippen molar-refractivity contribution in [3.63, 3.8) is 0 Å². The zero-order chi connectivity index (χ0) is 45.1. The smallest absolute Gasteiger partial charge is 0.309 e. The van der Waals surface area contributed by atoms with Gasteiger partial charge in [-0.05, 0) is 152 Å². The molecule has 0 aromatic heterocycles. The fourth-order valence-corrected chi connectivity index (χ4v) is 18.2. The van der Waals surface area contributed by atoms with Crippen molar-refractivity contribution in [2.45, 2.75) is 171 Å². The third-order valence-corrected chi connectivity index (χ3v) is 23.3. The second-order valence-electron chi connectivity index (χ2n) is 25.4. The number of nitrogens with one attached hydrogen (secondary N) is 1. The number of hydrogen-bond acceptors (Lipinski definition) is 8. The largest absolute Gasteiger partial charge is 0.462 e. The highest BCUT2D eigenvalue weighted by atomic mass is 32.2. The maximum atomic E-state index is 14.1. The van der Waals surface area contributed by atoms with Crippen molar-refractivity contribution >= 4 is 21.8 Å². The van der Waals surface area contributed by atoms with E-state index >= 15 is 0 Å². The molecular weight excluding hydrogens is 805 g/mol. The van der Waals surface area contributed by atoms with Crippen molar-refractivity contribution in [2.75, 3.05) is 31.1 Å². The maximum absolute atomic E-state index is 14.1. The first-order valence-electron chi connectivity index (χ1n) is 25.7. The van der Waals surface area contributed by atoms with Gasteiger partial charge in [0.2, 0.25) is 0 Å². The van der Waals surface area contributed by atoms with Crippen molar-refractivity contribution < 1.29 is 27.5 Å². The molecule has 1 heterocycles. The lowest BCUT2D eigenvalue weighted by Crippen LogP contribution is -2.68. The van der Waals surface area contributed by atoms with Gasteiger partial charge in [-0.25, -0.2) is 8.42 Å². The summed E-state index contributed by atoms with van der Waals surface area (Å²) >= 11 is 0. The molecular formula is C54H84N2O6S. The Morgan fingerprint density at radius 2 is 1.38 bits per heavy atom. The number of esters is 2. The molecule has 7 saturated carbocycles. The molecule has 1 N–H and O–H groups in total. The van der Waals surface area contributed by atoms with E-state index in [1.165, 1.54) is 64.2 Å². The SMILES string of the molecule is CC1C[C@H](OC(=O)[C@H]2C[C@@H](C(=O)OCc3ccccc3)C2(C)C)C(C)(C)[C@@H]2CC[C@]3(C)[C@H](CC[C@@H]4[C@H]5[C@H](C6(C)CC6)CC[C@]5(NC[C@H](C(C)C)N5CCS(=O)(=O)CC5)CC[C@]43C)[C@@H]12. The van der Waals surface area contributed by atoms with Crippen LogP contribution in [0.3, 0.4) is 0 Å². The van der Waals surface area contributed by atoms with Gasteiger partial charge in [-0.15, -0.1) is 0 Å². The highest BCUT2D eigenvalue weighted by Crippen LogP contribution is 2.76. The van der Waals surface area contributed by atoms with Gasteiger partial charge in [0, 0.05) is 36.6 Å². The highest BCUT2D eigenvalue weighted by Gasteiger charge is 2.71. The molecule has 0 bridgehead atoms. The number of fused-ring (bicyclic) bond motifs is 7. The summed E-state index contributed by atoms with van der Waals surface area (Å²) in [4.78, 5) is 29.8. The van der Waals surface area contributed by atoms with Crippen molar-refractivity contribution in [3.05, 3.63) is 35.9 Å². The van der Waals surface area contributed by atoms with E-state index in [1.807, 2.05) is 44.2 Å². The number of nitrogens with zero attached hydrogens (tertiary/aromatic N) is 1. The van der Waals surface area contributed by atoms with Gasteiger partial charge in [0.15, 0.2) is 9.84 Å². The summed E-state index contributed by atoms with van der Waals surface area (Å²) in [6, 6.07) is 10.2. The number of hydrogen-bond donors (Lipinski definition) is 1. The lowest BCUT2D eigenvalue weighted by molar-refractivity contribution is -0.232. The van der Waals surface area contributed by atoms with E-state index in [2.05, 4.69) is 65.6 Å². The lowest BCUT2D eigenvalue weighted by Gasteiger charge is -2.71. The molecule has 352 valence electrons. The summed E-state index contributed by atoms with van der Waals surface area (Å²) in [6.07, 6.45) is 14.3. The molecule has 1 saturated heterocycles. The number of benzene rings is 1. The molecule has 63 heavy (non-hydrogen) atoms. The predicted octanol–water partition coefficient (Wildman–Crippen LogP) is 10.1. The van der Waals surface area contributed by atoms with E-state index in [1.54, 1.807) is 0 Å². The summed E-state index contributed by atoms with van der Waals surface area (Å²) < 4.78 is 37.2. The molecule has 0 radical (unpaired) electrons. The fourth-order valence-electron chi connectivity index (χ4n) is 17.0. The van der Waals surface area contributed by atoms with Crippen LogP contribution in [-0.2, 0) is 35.5 Å². The van der Waals surface area contributed by atoms with Crippen molar-refractivity contribution in [2.24, 2.45) is 86.3 Å². The monoisotopic (exact) mass is 889 g/mol. The molecule has 8 aliphatic rings. The minimum absolute atomic E-state index is 0.122. The quantitative estimate of drug-likeness (QED) is 0.219. The molecule has 9 heteroatoms. The zero-order valence-electron chi connectivity index (χ0n) is 40.8. The number of carbonyl (C=O) groups is 2. The van der Waals surface area contributed by atoms with Crippen molar-refractivity contribution in [3.8, 4) is 0 Å². The molecule has 8 nitrogen and oxygen atoms in total. The van der Waals surface area contributed by atoms with Crippen LogP contribution in [0.15, 0.2) is 30.3 Å². The van der Waals surface area contributed by atoms with Gasteiger partial charge in [-0.1, -0.05) is 99.6 Å². The van der Waals surface area contributed by atoms with E-state index in [0.717, 1.165) is 24.4 Å². The molecule has 14 atom stereocenters. The van der Waals surface area contributed by atoms with Gasteiger partial charge in [-0.3, -0.25) is 14.5 Å².